The van der Waals surface area contributed by atoms with Crippen molar-refractivity contribution in [3.05, 3.63) is 42.0 Å². The normalized spacial score (nSPS) is 9.88. The van der Waals surface area contributed by atoms with Crippen molar-refractivity contribution >= 4 is 5.91 Å². The highest BCUT2D eigenvalue weighted by atomic mass is 19.1. The summed E-state index contributed by atoms with van der Waals surface area (Å²) in [6.45, 7) is 3.04. The minimum Gasteiger partial charge on any atom is -0.496 e. The topological polar surface area (TPSA) is 29.5 Å². The fourth-order valence-corrected chi connectivity index (χ4v) is 1.38. The van der Waals surface area contributed by atoms with E-state index in [1.807, 2.05) is 0 Å². The molecule has 0 radical (unpaired) electrons. The first kappa shape index (κ1) is 13.2. The number of halogens is 2. The van der Waals surface area contributed by atoms with E-state index < -0.39 is 17.6 Å². The fraction of sp³-hybridized carbons (Fsp3) is 0.250. The third-order valence-corrected chi connectivity index (χ3v) is 2.24. The van der Waals surface area contributed by atoms with E-state index in [4.69, 9.17) is 4.74 Å². The van der Waals surface area contributed by atoms with Crippen LogP contribution in [0.5, 0.6) is 5.75 Å². The Morgan fingerprint density at radius 1 is 1.53 bits per heavy atom. The molecule has 0 fully saturated rings. The molecule has 17 heavy (non-hydrogen) atoms. The molecular weight excluding hydrogens is 228 g/mol. The zero-order valence-corrected chi connectivity index (χ0v) is 9.67. The Morgan fingerprint density at radius 3 is 2.71 bits per heavy atom. The number of carbonyl (C=O) groups is 1. The number of nitrogens with zero attached hydrogens (tertiary/aromatic N) is 1. The molecular formula is C12H13F2NO2. The molecule has 3 nitrogen and oxygen atoms in total. The van der Waals surface area contributed by atoms with Crippen molar-refractivity contribution in [2.75, 3.05) is 14.2 Å². The van der Waals surface area contributed by atoms with E-state index in [-0.39, 0.29) is 6.54 Å². The van der Waals surface area contributed by atoms with Crippen LogP contribution < -0.4 is 4.74 Å². The van der Waals surface area contributed by atoms with Gasteiger partial charge in [0.15, 0.2) is 5.83 Å². The maximum Gasteiger partial charge on any atom is 0.282 e. The summed E-state index contributed by atoms with van der Waals surface area (Å²) in [5.41, 5.74) is 0.589. The van der Waals surface area contributed by atoms with Crippen LogP contribution >= 0.6 is 0 Å². The van der Waals surface area contributed by atoms with E-state index in [9.17, 15) is 13.6 Å². The molecule has 0 aliphatic rings. The van der Waals surface area contributed by atoms with Crippen LogP contribution in [0.25, 0.3) is 0 Å². The standard InChI is InChI=1S/C12H13F2NO2/c1-8(13)12(16)15(2)7-9-4-5-10(14)6-11(9)17-3/h4-6H,1,7H2,2-3H3. The smallest absolute Gasteiger partial charge is 0.282 e. The molecule has 0 spiro atoms. The number of hydrogen-bond acceptors (Lipinski definition) is 2. The zero-order chi connectivity index (χ0) is 13.0. The van der Waals surface area contributed by atoms with Gasteiger partial charge in [0, 0.05) is 25.2 Å². The van der Waals surface area contributed by atoms with Crippen LogP contribution in [0.1, 0.15) is 5.56 Å². The van der Waals surface area contributed by atoms with Gasteiger partial charge in [-0.25, -0.2) is 8.78 Å². The van der Waals surface area contributed by atoms with Gasteiger partial charge in [-0.15, -0.1) is 0 Å². The molecule has 1 amide bonds. The minimum absolute atomic E-state index is 0.116. The van der Waals surface area contributed by atoms with E-state index in [1.165, 1.54) is 32.4 Å². The average molecular weight is 241 g/mol. The molecule has 0 heterocycles. The predicted octanol–water partition coefficient (Wildman–Crippen LogP) is 2.28. The summed E-state index contributed by atoms with van der Waals surface area (Å²) in [5, 5.41) is 0. The third-order valence-electron chi connectivity index (χ3n) is 2.24. The molecule has 1 aromatic rings. The van der Waals surface area contributed by atoms with Crippen LogP contribution in [0.3, 0.4) is 0 Å². The molecule has 1 rings (SSSR count). The van der Waals surface area contributed by atoms with Gasteiger partial charge in [-0.2, -0.15) is 0 Å². The summed E-state index contributed by atoms with van der Waals surface area (Å²) >= 11 is 0. The number of methoxy groups -OCH3 is 1. The molecule has 0 aromatic heterocycles. The fourth-order valence-electron chi connectivity index (χ4n) is 1.38. The van der Waals surface area contributed by atoms with Crippen LogP contribution in [0.2, 0.25) is 0 Å². The number of likely N-dealkylation sites (N-methyl/N-ethyl adjacent to an activating group) is 1. The van der Waals surface area contributed by atoms with Crippen LogP contribution in [-0.2, 0) is 11.3 Å². The highest BCUT2D eigenvalue weighted by Gasteiger charge is 2.15. The summed E-state index contributed by atoms with van der Waals surface area (Å²) in [4.78, 5) is 12.4. The first-order valence-corrected chi connectivity index (χ1v) is 4.88. The van der Waals surface area contributed by atoms with Gasteiger partial charge in [0.2, 0.25) is 0 Å². The molecule has 0 aliphatic carbocycles. The lowest BCUT2D eigenvalue weighted by Crippen LogP contribution is -2.26. The van der Waals surface area contributed by atoms with Crippen molar-refractivity contribution in [1.82, 2.24) is 4.90 Å². The van der Waals surface area contributed by atoms with Gasteiger partial charge in [-0.05, 0) is 6.07 Å². The summed E-state index contributed by atoms with van der Waals surface area (Å²) in [7, 11) is 2.82. The number of ether oxygens (including phenoxy) is 1. The Hall–Kier alpha value is -1.91. The zero-order valence-electron chi connectivity index (χ0n) is 9.67. The molecule has 0 unspecified atom stereocenters. The second-order valence-corrected chi connectivity index (χ2v) is 3.52. The van der Waals surface area contributed by atoms with Crippen LogP contribution in [0.15, 0.2) is 30.6 Å². The maximum atomic E-state index is 12.9. The minimum atomic E-state index is -1.03. The number of carbonyl (C=O) groups excluding carboxylic acids is 1. The van der Waals surface area contributed by atoms with Gasteiger partial charge < -0.3 is 9.64 Å². The third kappa shape index (κ3) is 3.27. The molecule has 0 saturated heterocycles. The Labute approximate surface area is 98.3 Å². The molecule has 0 saturated carbocycles. The van der Waals surface area contributed by atoms with E-state index in [0.29, 0.717) is 11.3 Å². The first-order chi connectivity index (χ1) is 7.95. The number of rotatable bonds is 4. The molecule has 92 valence electrons. The van der Waals surface area contributed by atoms with Gasteiger partial charge in [-0.3, -0.25) is 4.79 Å². The lowest BCUT2D eigenvalue weighted by Gasteiger charge is -2.17. The second kappa shape index (κ2) is 5.43. The Kier molecular flexibility index (Phi) is 4.20. The van der Waals surface area contributed by atoms with Gasteiger partial charge in [0.05, 0.1) is 7.11 Å². The van der Waals surface area contributed by atoms with Gasteiger partial charge in [0.25, 0.3) is 5.91 Å². The van der Waals surface area contributed by atoms with Crippen LogP contribution in [-0.4, -0.2) is 25.0 Å². The summed E-state index contributed by atoms with van der Waals surface area (Å²) < 4.78 is 30.5. The monoisotopic (exact) mass is 241 g/mol. The SMILES string of the molecule is C=C(F)C(=O)N(C)Cc1ccc(F)cc1OC. The summed E-state index contributed by atoms with van der Waals surface area (Å²) in [6, 6.07) is 3.94. The maximum absolute atomic E-state index is 12.9. The van der Waals surface area contributed by atoms with E-state index in [0.717, 1.165) is 4.90 Å². The first-order valence-electron chi connectivity index (χ1n) is 4.88. The predicted molar refractivity (Wildman–Crippen MR) is 59.7 cm³/mol. The van der Waals surface area contributed by atoms with Crippen molar-refractivity contribution in [2.45, 2.75) is 6.54 Å². The highest BCUT2D eigenvalue weighted by molar-refractivity contribution is 5.90. The van der Waals surface area contributed by atoms with E-state index >= 15 is 0 Å². The van der Waals surface area contributed by atoms with Crippen molar-refractivity contribution in [3.8, 4) is 5.75 Å². The summed E-state index contributed by atoms with van der Waals surface area (Å²) in [6.07, 6.45) is 0. The van der Waals surface area contributed by atoms with Gasteiger partial charge in [0.1, 0.15) is 11.6 Å². The van der Waals surface area contributed by atoms with Crippen molar-refractivity contribution in [2.24, 2.45) is 0 Å². The number of benzene rings is 1. The molecule has 5 heteroatoms. The highest BCUT2D eigenvalue weighted by Crippen LogP contribution is 2.21. The Morgan fingerprint density at radius 2 is 2.18 bits per heavy atom. The molecule has 0 aliphatic heterocycles. The average Bonchev–Trinajstić information content (AvgIpc) is 2.30. The van der Waals surface area contributed by atoms with E-state index in [2.05, 4.69) is 6.58 Å². The van der Waals surface area contributed by atoms with Crippen molar-refractivity contribution < 1.29 is 18.3 Å². The van der Waals surface area contributed by atoms with Gasteiger partial charge >= 0.3 is 0 Å². The van der Waals surface area contributed by atoms with Crippen LogP contribution in [0, 0.1) is 5.82 Å². The molecule has 1 aromatic carbocycles. The molecule has 0 N–H and O–H groups in total. The Bertz CT molecular complexity index is 446. The Balaban J connectivity index is 2.88. The largest absolute Gasteiger partial charge is 0.496 e. The van der Waals surface area contributed by atoms with Crippen molar-refractivity contribution in [1.29, 1.82) is 0 Å². The second-order valence-electron chi connectivity index (χ2n) is 3.52. The quantitative estimate of drug-likeness (QED) is 0.757. The number of amides is 1. The van der Waals surface area contributed by atoms with Crippen LogP contribution in [0.4, 0.5) is 8.78 Å². The van der Waals surface area contributed by atoms with Crippen molar-refractivity contribution in [3.63, 3.8) is 0 Å². The summed E-state index contributed by atoms with van der Waals surface area (Å²) in [5.74, 6) is -1.96. The lowest BCUT2D eigenvalue weighted by molar-refractivity contribution is -0.127. The molecule has 0 atom stereocenters. The number of hydrogen-bond donors (Lipinski definition) is 0. The lowest BCUT2D eigenvalue weighted by atomic mass is 10.2. The molecule has 0 bridgehead atoms. The van der Waals surface area contributed by atoms with E-state index in [1.54, 1.807) is 0 Å². The van der Waals surface area contributed by atoms with Gasteiger partial charge in [-0.1, -0.05) is 12.6 Å².